The molecule has 1 aromatic rings. The van der Waals surface area contributed by atoms with Crippen molar-refractivity contribution in [1.29, 1.82) is 0 Å². The first-order valence-electron chi connectivity index (χ1n) is 4.90. The van der Waals surface area contributed by atoms with E-state index in [4.69, 9.17) is 11.6 Å². The smallest absolute Gasteiger partial charge is 0.313 e. The molecular formula is C9H10ClN3O4. The number of β-amino-alcohol motifs (C(OH)–C–C–N with tert-alkyl or cyclic N) is 2. The summed E-state index contributed by atoms with van der Waals surface area (Å²) < 4.78 is 0. The zero-order chi connectivity index (χ0) is 12.6. The van der Waals surface area contributed by atoms with E-state index in [2.05, 4.69) is 4.98 Å². The van der Waals surface area contributed by atoms with Crippen LogP contribution in [-0.2, 0) is 0 Å². The number of hydrogen-bond acceptors (Lipinski definition) is 6. The van der Waals surface area contributed by atoms with Gasteiger partial charge >= 0.3 is 5.69 Å². The first-order chi connectivity index (χ1) is 7.99. The van der Waals surface area contributed by atoms with Crippen LogP contribution in [-0.4, -0.2) is 45.4 Å². The third-order valence-electron chi connectivity index (χ3n) is 2.57. The van der Waals surface area contributed by atoms with Gasteiger partial charge in [0.05, 0.1) is 22.2 Å². The number of nitrogens with zero attached hydrogens (tertiary/aromatic N) is 3. The molecular weight excluding hydrogens is 250 g/mol. The summed E-state index contributed by atoms with van der Waals surface area (Å²) in [4.78, 5) is 15.6. The van der Waals surface area contributed by atoms with Gasteiger partial charge in [-0.05, 0) is 0 Å². The van der Waals surface area contributed by atoms with E-state index in [-0.39, 0.29) is 29.6 Å². The minimum Gasteiger partial charge on any atom is -0.389 e. The number of aliphatic hydroxyl groups is 2. The summed E-state index contributed by atoms with van der Waals surface area (Å²) in [6.07, 6.45) is -0.555. The van der Waals surface area contributed by atoms with Crippen molar-refractivity contribution < 1.29 is 15.1 Å². The topological polar surface area (TPSA) is 99.7 Å². The highest BCUT2D eigenvalue weighted by Crippen LogP contribution is 2.30. The minimum absolute atomic E-state index is 0.106. The Bertz CT molecular complexity index is 446. The molecule has 0 spiro atoms. The lowest BCUT2D eigenvalue weighted by Gasteiger charge is -2.15. The van der Waals surface area contributed by atoms with Gasteiger partial charge in [0.25, 0.3) is 0 Å². The summed E-state index contributed by atoms with van der Waals surface area (Å²) in [5, 5.41) is 29.8. The van der Waals surface area contributed by atoms with Crippen molar-refractivity contribution >= 4 is 23.1 Å². The van der Waals surface area contributed by atoms with E-state index < -0.39 is 17.1 Å². The third kappa shape index (κ3) is 2.31. The molecule has 1 aliphatic rings. The van der Waals surface area contributed by atoms with E-state index in [1.54, 1.807) is 0 Å². The van der Waals surface area contributed by atoms with Crippen LogP contribution in [0.1, 0.15) is 0 Å². The molecule has 2 atom stereocenters. The maximum absolute atomic E-state index is 10.8. The molecule has 1 saturated heterocycles. The Morgan fingerprint density at radius 2 is 2.06 bits per heavy atom. The molecule has 8 heteroatoms. The van der Waals surface area contributed by atoms with Crippen LogP contribution in [0.25, 0.3) is 0 Å². The van der Waals surface area contributed by atoms with Gasteiger partial charge in [-0.1, -0.05) is 11.6 Å². The highest BCUT2D eigenvalue weighted by atomic mass is 35.5. The van der Waals surface area contributed by atoms with Crippen LogP contribution >= 0.6 is 11.6 Å². The normalized spacial score (nSPS) is 24.1. The molecule has 0 aliphatic carbocycles. The van der Waals surface area contributed by atoms with Crippen molar-refractivity contribution in [3.8, 4) is 0 Å². The van der Waals surface area contributed by atoms with Crippen LogP contribution < -0.4 is 4.90 Å². The molecule has 0 saturated carbocycles. The molecule has 2 unspecified atom stereocenters. The highest BCUT2D eigenvalue weighted by molar-refractivity contribution is 6.30. The molecule has 2 N–H and O–H groups in total. The molecule has 0 bridgehead atoms. The first kappa shape index (κ1) is 12.0. The van der Waals surface area contributed by atoms with Crippen molar-refractivity contribution in [3.05, 3.63) is 27.4 Å². The molecule has 17 heavy (non-hydrogen) atoms. The van der Waals surface area contributed by atoms with Crippen LogP contribution in [0.5, 0.6) is 0 Å². The lowest BCUT2D eigenvalue weighted by atomic mass is 10.3. The molecule has 7 nitrogen and oxygen atoms in total. The zero-order valence-corrected chi connectivity index (χ0v) is 9.41. The lowest BCUT2D eigenvalue weighted by Crippen LogP contribution is -2.23. The Morgan fingerprint density at radius 1 is 1.47 bits per heavy atom. The second-order valence-electron chi connectivity index (χ2n) is 3.79. The number of anilines is 1. The van der Waals surface area contributed by atoms with Crippen molar-refractivity contribution in [1.82, 2.24) is 4.98 Å². The van der Waals surface area contributed by atoms with Gasteiger partial charge in [0, 0.05) is 25.4 Å². The van der Waals surface area contributed by atoms with Gasteiger partial charge in [-0.3, -0.25) is 10.1 Å². The van der Waals surface area contributed by atoms with Crippen LogP contribution in [0, 0.1) is 10.1 Å². The van der Waals surface area contributed by atoms with E-state index in [1.807, 2.05) is 0 Å². The van der Waals surface area contributed by atoms with Crippen LogP contribution in [0.2, 0.25) is 5.02 Å². The fourth-order valence-electron chi connectivity index (χ4n) is 1.74. The van der Waals surface area contributed by atoms with Crippen LogP contribution in [0.4, 0.5) is 11.5 Å². The second kappa shape index (κ2) is 4.44. The Kier molecular flexibility index (Phi) is 3.14. The molecule has 0 aromatic carbocycles. The first-order valence-corrected chi connectivity index (χ1v) is 5.28. The fraction of sp³-hybridized carbons (Fsp3) is 0.444. The van der Waals surface area contributed by atoms with E-state index in [9.17, 15) is 20.3 Å². The van der Waals surface area contributed by atoms with Crippen molar-refractivity contribution in [3.63, 3.8) is 0 Å². The van der Waals surface area contributed by atoms with E-state index in [1.165, 1.54) is 17.2 Å². The van der Waals surface area contributed by atoms with Gasteiger partial charge in [0.15, 0.2) is 0 Å². The largest absolute Gasteiger partial charge is 0.389 e. The number of hydrogen-bond donors (Lipinski definition) is 2. The van der Waals surface area contributed by atoms with E-state index in [0.717, 1.165) is 0 Å². The fourth-order valence-corrected chi connectivity index (χ4v) is 1.89. The third-order valence-corrected chi connectivity index (χ3v) is 2.78. The molecule has 92 valence electrons. The summed E-state index contributed by atoms with van der Waals surface area (Å²) in [5.74, 6) is 0.106. The zero-order valence-electron chi connectivity index (χ0n) is 8.65. The highest BCUT2D eigenvalue weighted by Gasteiger charge is 2.33. The second-order valence-corrected chi connectivity index (χ2v) is 4.23. The Labute approximate surface area is 101 Å². The number of halogens is 1. The molecule has 2 rings (SSSR count). The van der Waals surface area contributed by atoms with Gasteiger partial charge in [-0.2, -0.15) is 0 Å². The monoisotopic (exact) mass is 259 g/mol. The van der Waals surface area contributed by atoms with Crippen molar-refractivity contribution in [2.24, 2.45) is 0 Å². The predicted molar refractivity (Wildman–Crippen MR) is 60.1 cm³/mol. The number of pyridine rings is 1. The number of rotatable bonds is 2. The lowest BCUT2D eigenvalue weighted by molar-refractivity contribution is -0.384. The molecule has 1 fully saturated rings. The number of nitro groups is 1. The molecule has 0 amide bonds. The number of aromatic nitrogens is 1. The number of aliphatic hydroxyl groups excluding tert-OH is 2. The maximum atomic E-state index is 10.8. The summed E-state index contributed by atoms with van der Waals surface area (Å²) in [5.41, 5.74) is -0.237. The SMILES string of the molecule is O=[N+]([O-])c1cc(Cl)cnc1N1CC(O)C(O)C1. The molecule has 0 radical (unpaired) electrons. The van der Waals surface area contributed by atoms with Gasteiger partial charge in [-0.15, -0.1) is 0 Å². The standard InChI is InChI=1S/C9H10ClN3O4/c10-5-1-6(13(16)17)9(11-2-5)12-3-7(14)8(15)4-12/h1-2,7-8,14-15H,3-4H2. The minimum atomic E-state index is -0.924. The quantitative estimate of drug-likeness (QED) is 0.581. The van der Waals surface area contributed by atoms with Crippen LogP contribution in [0.3, 0.4) is 0 Å². The summed E-state index contributed by atoms with van der Waals surface area (Å²) in [7, 11) is 0. The summed E-state index contributed by atoms with van der Waals surface area (Å²) >= 11 is 5.64. The molecule has 2 heterocycles. The molecule has 1 aromatic heterocycles. The van der Waals surface area contributed by atoms with E-state index >= 15 is 0 Å². The van der Waals surface area contributed by atoms with Gasteiger partial charge in [0.1, 0.15) is 0 Å². The van der Waals surface area contributed by atoms with Gasteiger partial charge in [0.2, 0.25) is 5.82 Å². The Hall–Kier alpha value is -1.44. The Balaban J connectivity index is 2.36. The average Bonchev–Trinajstić information content (AvgIpc) is 2.59. The van der Waals surface area contributed by atoms with Gasteiger partial charge < -0.3 is 15.1 Å². The Morgan fingerprint density at radius 3 is 2.59 bits per heavy atom. The van der Waals surface area contributed by atoms with Crippen LogP contribution in [0.15, 0.2) is 12.3 Å². The van der Waals surface area contributed by atoms with E-state index in [0.29, 0.717) is 0 Å². The van der Waals surface area contributed by atoms with Crippen molar-refractivity contribution in [2.75, 3.05) is 18.0 Å². The summed E-state index contributed by atoms with van der Waals surface area (Å²) in [6, 6.07) is 1.20. The average molecular weight is 260 g/mol. The maximum Gasteiger partial charge on any atom is 0.313 e. The van der Waals surface area contributed by atoms with Gasteiger partial charge in [-0.25, -0.2) is 4.98 Å². The van der Waals surface area contributed by atoms with Crippen molar-refractivity contribution in [2.45, 2.75) is 12.2 Å². The predicted octanol–water partition coefficient (Wildman–Crippen LogP) is 0.185. The molecule has 1 aliphatic heterocycles. The summed E-state index contributed by atoms with van der Waals surface area (Å²) in [6.45, 7) is 0.216.